The lowest BCUT2D eigenvalue weighted by Crippen LogP contribution is -2.06. The van der Waals surface area contributed by atoms with Gasteiger partial charge in [-0.05, 0) is 35.1 Å². The van der Waals surface area contributed by atoms with Crippen molar-refractivity contribution in [3.63, 3.8) is 0 Å². The van der Waals surface area contributed by atoms with Crippen LogP contribution in [0.25, 0.3) is 11.3 Å². The van der Waals surface area contributed by atoms with E-state index in [1.165, 1.54) is 0 Å². The van der Waals surface area contributed by atoms with E-state index in [1.54, 1.807) is 12.1 Å². The van der Waals surface area contributed by atoms with Crippen molar-refractivity contribution in [2.75, 3.05) is 7.05 Å². The summed E-state index contributed by atoms with van der Waals surface area (Å²) in [4.78, 5) is 7.62. The Kier molecular flexibility index (Phi) is 4.09. The molecule has 1 heterocycles. The highest BCUT2D eigenvalue weighted by Crippen LogP contribution is 2.31. The Bertz CT molecular complexity index is 540. The Morgan fingerprint density at radius 1 is 1.35 bits per heavy atom. The third kappa shape index (κ3) is 2.83. The molecule has 0 unspecified atom stereocenters. The van der Waals surface area contributed by atoms with Crippen molar-refractivity contribution in [1.29, 1.82) is 0 Å². The maximum Gasteiger partial charge on any atom is 0.121 e. The molecular formula is C11H10BrCl2N3. The standard InChI is InChI=1S/C11H10BrCl2N3/c1-15-5-9-16-10(11(12)17-9)6-2-3-7(13)8(14)4-6/h2-4,15H,5H2,1H3,(H,16,17). The van der Waals surface area contributed by atoms with Gasteiger partial charge in [-0.15, -0.1) is 0 Å². The minimum Gasteiger partial charge on any atom is -0.335 e. The monoisotopic (exact) mass is 333 g/mol. The van der Waals surface area contributed by atoms with E-state index in [0.717, 1.165) is 21.7 Å². The summed E-state index contributed by atoms with van der Waals surface area (Å²) in [6.45, 7) is 0.680. The van der Waals surface area contributed by atoms with E-state index in [1.807, 2.05) is 13.1 Å². The van der Waals surface area contributed by atoms with Crippen molar-refractivity contribution in [2.24, 2.45) is 0 Å². The molecule has 2 rings (SSSR count). The predicted molar refractivity (Wildman–Crippen MR) is 74.5 cm³/mol. The summed E-state index contributed by atoms with van der Waals surface area (Å²) in [5.41, 5.74) is 1.75. The second-order valence-electron chi connectivity index (χ2n) is 3.51. The van der Waals surface area contributed by atoms with Crippen molar-refractivity contribution in [3.8, 4) is 11.3 Å². The molecular weight excluding hydrogens is 325 g/mol. The molecule has 0 aliphatic carbocycles. The van der Waals surface area contributed by atoms with Crippen molar-refractivity contribution in [1.82, 2.24) is 15.3 Å². The van der Waals surface area contributed by atoms with Crippen LogP contribution >= 0.6 is 39.1 Å². The van der Waals surface area contributed by atoms with Crippen LogP contribution in [-0.4, -0.2) is 17.0 Å². The van der Waals surface area contributed by atoms with Gasteiger partial charge in [0.05, 0.1) is 16.6 Å². The molecule has 0 spiro atoms. The highest BCUT2D eigenvalue weighted by atomic mass is 79.9. The molecule has 0 radical (unpaired) electrons. The third-order valence-electron chi connectivity index (χ3n) is 2.25. The van der Waals surface area contributed by atoms with E-state index in [-0.39, 0.29) is 0 Å². The van der Waals surface area contributed by atoms with Crippen molar-refractivity contribution >= 4 is 39.1 Å². The van der Waals surface area contributed by atoms with Gasteiger partial charge in [-0.3, -0.25) is 0 Å². The number of halogens is 3. The second-order valence-corrected chi connectivity index (χ2v) is 5.11. The van der Waals surface area contributed by atoms with Crippen LogP contribution in [0.4, 0.5) is 0 Å². The molecule has 6 heteroatoms. The first-order chi connectivity index (χ1) is 8.11. The van der Waals surface area contributed by atoms with Gasteiger partial charge in [0, 0.05) is 5.56 Å². The van der Waals surface area contributed by atoms with E-state index in [9.17, 15) is 0 Å². The van der Waals surface area contributed by atoms with Crippen LogP contribution in [-0.2, 0) is 6.54 Å². The molecule has 0 saturated carbocycles. The van der Waals surface area contributed by atoms with E-state index in [4.69, 9.17) is 23.2 Å². The van der Waals surface area contributed by atoms with Crippen LogP contribution in [0, 0.1) is 0 Å². The minimum absolute atomic E-state index is 0.522. The van der Waals surface area contributed by atoms with E-state index < -0.39 is 0 Å². The molecule has 0 atom stereocenters. The van der Waals surface area contributed by atoms with Gasteiger partial charge in [-0.1, -0.05) is 29.3 Å². The van der Waals surface area contributed by atoms with Crippen LogP contribution < -0.4 is 5.32 Å². The smallest absolute Gasteiger partial charge is 0.121 e. The summed E-state index contributed by atoms with van der Waals surface area (Å²) in [6.07, 6.45) is 0. The highest BCUT2D eigenvalue weighted by molar-refractivity contribution is 9.10. The van der Waals surface area contributed by atoms with Crippen molar-refractivity contribution < 1.29 is 0 Å². The fraction of sp³-hybridized carbons (Fsp3) is 0.182. The molecule has 0 aliphatic rings. The SMILES string of the molecule is CNCc1nc(-c2ccc(Cl)c(Cl)c2)c(Br)[nH]1. The summed E-state index contributed by atoms with van der Waals surface area (Å²) in [6, 6.07) is 5.45. The van der Waals surface area contributed by atoms with Crippen LogP contribution in [0.2, 0.25) is 10.0 Å². The average Bonchev–Trinajstić information content (AvgIpc) is 2.64. The molecule has 2 aromatic rings. The topological polar surface area (TPSA) is 40.7 Å². The number of benzene rings is 1. The second kappa shape index (κ2) is 5.40. The van der Waals surface area contributed by atoms with Gasteiger partial charge in [-0.2, -0.15) is 0 Å². The summed E-state index contributed by atoms with van der Waals surface area (Å²) >= 11 is 15.3. The van der Waals surface area contributed by atoms with Crippen LogP contribution in [0.15, 0.2) is 22.8 Å². The van der Waals surface area contributed by atoms with Gasteiger partial charge in [-0.25, -0.2) is 4.98 Å². The first kappa shape index (κ1) is 12.9. The van der Waals surface area contributed by atoms with Crippen molar-refractivity contribution in [2.45, 2.75) is 6.54 Å². The zero-order valence-corrected chi connectivity index (χ0v) is 12.1. The number of H-pyrrole nitrogens is 1. The van der Waals surface area contributed by atoms with Crippen molar-refractivity contribution in [3.05, 3.63) is 38.7 Å². The molecule has 1 aromatic heterocycles. The first-order valence-corrected chi connectivity index (χ1v) is 6.51. The Hall–Kier alpha value is -0.550. The number of aromatic nitrogens is 2. The molecule has 0 aliphatic heterocycles. The number of hydrogen-bond donors (Lipinski definition) is 2. The van der Waals surface area contributed by atoms with Crippen LogP contribution in [0.3, 0.4) is 0 Å². The van der Waals surface area contributed by atoms with Gasteiger partial charge >= 0.3 is 0 Å². The first-order valence-electron chi connectivity index (χ1n) is 4.96. The molecule has 3 nitrogen and oxygen atoms in total. The summed E-state index contributed by atoms with van der Waals surface area (Å²) in [5, 5.41) is 4.10. The lowest BCUT2D eigenvalue weighted by Gasteiger charge is -2.00. The Labute approximate surface area is 118 Å². The van der Waals surface area contributed by atoms with Crippen LogP contribution in [0.1, 0.15) is 5.82 Å². The largest absolute Gasteiger partial charge is 0.335 e. The Balaban J connectivity index is 2.41. The number of nitrogens with zero attached hydrogens (tertiary/aromatic N) is 1. The zero-order valence-electron chi connectivity index (χ0n) is 9.02. The maximum atomic E-state index is 5.99. The summed E-state index contributed by atoms with van der Waals surface area (Å²) in [7, 11) is 1.87. The van der Waals surface area contributed by atoms with Gasteiger partial charge in [0.1, 0.15) is 16.1 Å². The molecule has 0 bridgehead atoms. The molecule has 0 fully saturated rings. The molecule has 1 aromatic carbocycles. The van der Waals surface area contributed by atoms with Gasteiger partial charge in [0.25, 0.3) is 0 Å². The van der Waals surface area contributed by atoms with Crippen LogP contribution in [0.5, 0.6) is 0 Å². The summed E-state index contributed by atoms with van der Waals surface area (Å²) in [5.74, 6) is 0.862. The van der Waals surface area contributed by atoms with Gasteiger partial charge < -0.3 is 10.3 Å². The van der Waals surface area contributed by atoms with E-state index in [2.05, 4.69) is 31.2 Å². The fourth-order valence-electron chi connectivity index (χ4n) is 1.48. The highest BCUT2D eigenvalue weighted by Gasteiger charge is 2.11. The number of hydrogen-bond acceptors (Lipinski definition) is 2. The third-order valence-corrected chi connectivity index (χ3v) is 3.56. The zero-order chi connectivity index (χ0) is 12.4. The molecule has 0 saturated heterocycles. The fourth-order valence-corrected chi connectivity index (χ4v) is 2.33. The number of aromatic amines is 1. The normalized spacial score (nSPS) is 10.8. The Morgan fingerprint density at radius 3 is 2.76 bits per heavy atom. The Morgan fingerprint density at radius 2 is 2.12 bits per heavy atom. The van der Waals surface area contributed by atoms with E-state index in [0.29, 0.717) is 16.6 Å². The maximum absolute atomic E-state index is 5.99. The molecule has 0 amide bonds. The van der Waals surface area contributed by atoms with Gasteiger partial charge in [0.15, 0.2) is 0 Å². The van der Waals surface area contributed by atoms with E-state index >= 15 is 0 Å². The lowest BCUT2D eigenvalue weighted by molar-refractivity contribution is 0.771. The quantitative estimate of drug-likeness (QED) is 0.894. The molecule has 2 N–H and O–H groups in total. The average molecular weight is 335 g/mol. The van der Waals surface area contributed by atoms with Gasteiger partial charge in [0.2, 0.25) is 0 Å². The molecule has 90 valence electrons. The minimum atomic E-state index is 0.522. The summed E-state index contributed by atoms with van der Waals surface area (Å²) < 4.78 is 0.834. The number of imidazole rings is 1. The lowest BCUT2D eigenvalue weighted by atomic mass is 10.2. The molecule has 17 heavy (non-hydrogen) atoms. The predicted octanol–water partition coefficient (Wildman–Crippen LogP) is 3.87. The number of nitrogens with one attached hydrogen (secondary N) is 2. The number of rotatable bonds is 3.